The van der Waals surface area contributed by atoms with Crippen LogP contribution in [0.25, 0.3) is 10.4 Å². The van der Waals surface area contributed by atoms with E-state index in [0.717, 1.165) is 23.2 Å². The maximum Gasteiger partial charge on any atom is 0.254 e. The molecule has 7 nitrogen and oxygen atoms in total. The van der Waals surface area contributed by atoms with Gasteiger partial charge in [-0.1, -0.05) is 37.3 Å². The number of ether oxygens (including phenoxy) is 1. The standard InChI is InChI=1S/C25H27N3O4S/c1-3-21-23(33-15-27-21)17-9-7-16(8-10-17)13-26-24(30)22-12-19(29)14-28(22)25(31)18-5-4-6-20(11-18)32-2/h4-11,15,19,22,29H,3,12-14H2,1-2H3,(H,26,30)/t19-,22?/m1/s1. The second-order valence-corrected chi connectivity index (χ2v) is 8.85. The van der Waals surface area contributed by atoms with E-state index in [2.05, 4.69) is 17.2 Å². The van der Waals surface area contributed by atoms with E-state index in [-0.39, 0.29) is 24.8 Å². The lowest BCUT2D eigenvalue weighted by Gasteiger charge is -2.24. The van der Waals surface area contributed by atoms with Gasteiger partial charge < -0.3 is 20.1 Å². The Labute approximate surface area is 197 Å². The molecule has 172 valence electrons. The second kappa shape index (κ2) is 10.1. The number of carbonyl (C=O) groups excluding carboxylic acids is 2. The Kier molecular flexibility index (Phi) is 7.05. The maximum absolute atomic E-state index is 13.0. The summed E-state index contributed by atoms with van der Waals surface area (Å²) >= 11 is 1.62. The minimum atomic E-state index is -0.734. The number of aromatic nitrogens is 1. The molecular weight excluding hydrogens is 438 g/mol. The quantitative estimate of drug-likeness (QED) is 0.559. The van der Waals surface area contributed by atoms with Crippen LogP contribution in [-0.4, -0.2) is 52.6 Å². The van der Waals surface area contributed by atoms with Crippen LogP contribution in [-0.2, 0) is 17.8 Å². The summed E-state index contributed by atoms with van der Waals surface area (Å²) in [4.78, 5) is 33.0. The average Bonchev–Trinajstić information content (AvgIpc) is 3.49. The zero-order valence-corrected chi connectivity index (χ0v) is 19.5. The van der Waals surface area contributed by atoms with Gasteiger partial charge >= 0.3 is 0 Å². The number of nitrogens with one attached hydrogen (secondary N) is 1. The van der Waals surface area contributed by atoms with Crippen molar-refractivity contribution in [1.29, 1.82) is 0 Å². The molecule has 8 heteroatoms. The summed E-state index contributed by atoms with van der Waals surface area (Å²) in [6.07, 6.45) is 0.363. The molecule has 0 aliphatic carbocycles. The minimum Gasteiger partial charge on any atom is -0.497 e. The first-order valence-corrected chi connectivity index (χ1v) is 11.8. The summed E-state index contributed by atoms with van der Waals surface area (Å²) in [5.41, 5.74) is 5.43. The normalized spacial score (nSPS) is 17.7. The second-order valence-electron chi connectivity index (χ2n) is 7.99. The smallest absolute Gasteiger partial charge is 0.254 e. The fourth-order valence-corrected chi connectivity index (χ4v) is 4.94. The summed E-state index contributed by atoms with van der Waals surface area (Å²) in [6, 6.07) is 14.1. The van der Waals surface area contributed by atoms with E-state index in [1.54, 1.807) is 35.6 Å². The van der Waals surface area contributed by atoms with Crippen LogP contribution < -0.4 is 10.1 Å². The molecule has 4 rings (SSSR count). The van der Waals surface area contributed by atoms with Gasteiger partial charge in [0.05, 0.1) is 29.3 Å². The molecule has 0 saturated carbocycles. The van der Waals surface area contributed by atoms with Gasteiger partial charge in [0.15, 0.2) is 0 Å². The maximum atomic E-state index is 13.0. The van der Waals surface area contributed by atoms with Gasteiger partial charge in [-0.15, -0.1) is 11.3 Å². The van der Waals surface area contributed by atoms with Crippen LogP contribution in [0.3, 0.4) is 0 Å². The van der Waals surface area contributed by atoms with E-state index < -0.39 is 12.1 Å². The predicted octanol–water partition coefficient (Wildman–Crippen LogP) is 3.27. The van der Waals surface area contributed by atoms with Gasteiger partial charge in [-0.3, -0.25) is 9.59 Å². The topological polar surface area (TPSA) is 91.8 Å². The summed E-state index contributed by atoms with van der Waals surface area (Å²) in [5, 5.41) is 13.1. The molecule has 1 aliphatic rings. The molecule has 0 spiro atoms. The minimum absolute atomic E-state index is 0.122. The summed E-state index contributed by atoms with van der Waals surface area (Å²) in [5.74, 6) is -0.0109. The Morgan fingerprint density at radius 1 is 1.24 bits per heavy atom. The molecule has 1 aliphatic heterocycles. The third-order valence-electron chi connectivity index (χ3n) is 5.82. The molecule has 2 amide bonds. The molecular formula is C25H27N3O4S. The van der Waals surface area contributed by atoms with E-state index in [9.17, 15) is 14.7 Å². The lowest BCUT2D eigenvalue weighted by atomic mass is 10.1. The third-order valence-corrected chi connectivity index (χ3v) is 6.74. The van der Waals surface area contributed by atoms with Gasteiger partial charge in [0.25, 0.3) is 5.91 Å². The Morgan fingerprint density at radius 2 is 2.03 bits per heavy atom. The fraction of sp³-hybridized carbons (Fsp3) is 0.320. The number of amides is 2. The Balaban J connectivity index is 1.41. The van der Waals surface area contributed by atoms with Gasteiger partial charge in [-0.05, 0) is 35.7 Å². The van der Waals surface area contributed by atoms with Crippen molar-refractivity contribution in [3.63, 3.8) is 0 Å². The monoisotopic (exact) mass is 465 g/mol. The van der Waals surface area contributed by atoms with Crippen LogP contribution in [0.15, 0.2) is 54.0 Å². The lowest BCUT2D eigenvalue weighted by molar-refractivity contribution is -0.125. The zero-order valence-electron chi connectivity index (χ0n) is 18.7. The number of benzene rings is 2. The highest BCUT2D eigenvalue weighted by Crippen LogP contribution is 2.28. The zero-order chi connectivity index (χ0) is 23.4. The number of β-amino-alcohol motifs (C(OH)–C–C–N with tert-alkyl or cyclic N) is 1. The highest BCUT2D eigenvalue weighted by molar-refractivity contribution is 7.13. The number of thiazole rings is 1. The van der Waals surface area contributed by atoms with Gasteiger partial charge in [-0.2, -0.15) is 0 Å². The van der Waals surface area contributed by atoms with Gasteiger partial charge in [0.1, 0.15) is 11.8 Å². The van der Waals surface area contributed by atoms with Gasteiger partial charge in [0, 0.05) is 25.1 Å². The van der Waals surface area contributed by atoms with E-state index in [0.29, 0.717) is 17.9 Å². The van der Waals surface area contributed by atoms with Crippen LogP contribution in [0, 0.1) is 0 Å². The molecule has 2 atom stereocenters. The van der Waals surface area contributed by atoms with E-state index in [4.69, 9.17) is 4.74 Å². The van der Waals surface area contributed by atoms with Gasteiger partial charge in [-0.25, -0.2) is 4.98 Å². The first-order valence-electron chi connectivity index (χ1n) is 10.9. The van der Waals surface area contributed by atoms with Gasteiger partial charge in [0.2, 0.25) is 5.91 Å². The van der Waals surface area contributed by atoms with Crippen molar-refractivity contribution in [2.24, 2.45) is 0 Å². The molecule has 1 saturated heterocycles. The Hall–Kier alpha value is -3.23. The number of methoxy groups -OCH3 is 1. The van der Waals surface area contributed by atoms with E-state index in [1.165, 1.54) is 16.9 Å². The molecule has 2 aromatic carbocycles. The van der Waals surface area contributed by atoms with Crippen LogP contribution in [0.5, 0.6) is 5.75 Å². The number of aryl methyl sites for hydroxylation is 1. The molecule has 2 N–H and O–H groups in total. The molecule has 1 unspecified atom stereocenters. The number of hydrogen-bond acceptors (Lipinski definition) is 6. The molecule has 3 aromatic rings. The van der Waals surface area contributed by atoms with Crippen molar-refractivity contribution >= 4 is 23.2 Å². The molecule has 0 radical (unpaired) electrons. The first-order chi connectivity index (χ1) is 16.0. The fourth-order valence-electron chi connectivity index (χ4n) is 4.05. The van der Waals surface area contributed by atoms with Crippen LogP contribution in [0.4, 0.5) is 0 Å². The number of aliphatic hydroxyl groups is 1. The number of rotatable bonds is 7. The van der Waals surface area contributed by atoms with Crippen molar-refractivity contribution in [3.05, 3.63) is 70.9 Å². The average molecular weight is 466 g/mol. The highest BCUT2D eigenvalue weighted by Gasteiger charge is 2.39. The molecule has 2 heterocycles. The van der Waals surface area contributed by atoms with Crippen LogP contribution in [0.2, 0.25) is 0 Å². The van der Waals surface area contributed by atoms with E-state index >= 15 is 0 Å². The molecule has 0 bridgehead atoms. The van der Waals surface area contributed by atoms with Crippen molar-refractivity contribution in [1.82, 2.24) is 15.2 Å². The summed E-state index contributed by atoms with van der Waals surface area (Å²) < 4.78 is 5.19. The molecule has 1 aromatic heterocycles. The molecule has 33 heavy (non-hydrogen) atoms. The number of hydrogen-bond donors (Lipinski definition) is 2. The Bertz CT molecular complexity index is 1130. The van der Waals surface area contributed by atoms with E-state index in [1.807, 2.05) is 29.8 Å². The number of aliphatic hydroxyl groups excluding tert-OH is 1. The number of likely N-dealkylation sites (tertiary alicyclic amines) is 1. The van der Waals surface area contributed by atoms with Crippen LogP contribution >= 0.6 is 11.3 Å². The number of nitrogens with zero attached hydrogens (tertiary/aromatic N) is 2. The van der Waals surface area contributed by atoms with Crippen LogP contribution in [0.1, 0.15) is 35.0 Å². The largest absolute Gasteiger partial charge is 0.497 e. The van der Waals surface area contributed by atoms with Crippen molar-refractivity contribution in [2.45, 2.75) is 38.5 Å². The SMILES string of the molecule is CCc1ncsc1-c1ccc(CNC(=O)C2C[C@@H](O)CN2C(=O)c2cccc(OC)c2)cc1. The van der Waals surface area contributed by atoms with Crippen molar-refractivity contribution in [3.8, 4) is 16.2 Å². The van der Waals surface area contributed by atoms with Crippen molar-refractivity contribution < 1.29 is 19.4 Å². The first kappa shape index (κ1) is 22.9. The summed E-state index contributed by atoms with van der Waals surface area (Å²) in [6.45, 7) is 2.55. The van der Waals surface area contributed by atoms with Crippen molar-refractivity contribution in [2.75, 3.05) is 13.7 Å². The molecule has 1 fully saturated rings. The predicted molar refractivity (Wildman–Crippen MR) is 127 cm³/mol. The third kappa shape index (κ3) is 5.07. The highest BCUT2D eigenvalue weighted by atomic mass is 32.1. The Morgan fingerprint density at radius 3 is 2.76 bits per heavy atom. The summed E-state index contributed by atoms with van der Waals surface area (Å²) in [7, 11) is 1.53. The lowest BCUT2D eigenvalue weighted by Crippen LogP contribution is -2.45. The number of carbonyl (C=O) groups is 2.